The summed E-state index contributed by atoms with van der Waals surface area (Å²) in [5, 5.41) is 11.5. The van der Waals surface area contributed by atoms with E-state index in [1.807, 2.05) is 18.0 Å². The maximum absolute atomic E-state index is 12.4. The van der Waals surface area contributed by atoms with Crippen LogP contribution in [0.2, 0.25) is 0 Å². The number of benzene rings is 1. The van der Waals surface area contributed by atoms with E-state index < -0.39 is 8.53 Å². The number of amidine groups is 1. The van der Waals surface area contributed by atoms with Crippen molar-refractivity contribution in [2.24, 2.45) is 4.99 Å². The Morgan fingerprint density at radius 1 is 1.19 bits per heavy atom. The average Bonchev–Trinajstić information content (AvgIpc) is 2.87. The maximum Gasteiger partial charge on any atom is 0.259 e. The summed E-state index contributed by atoms with van der Waals surface area (Å²) in [6, 6.07) is 11.2. The fourth-order valence-corrected chi connectivity index (χ4v) is 4.94. The van der Waals surface area contributed by atoms with Crippen LogP contribution in [0, 0.1) is 11.3 Å². The van der Waals surface area contributed by atoms with Crippen molar-refractivity contribution < 1.29 is 23.4 Å². The number of methoxy groups -OCH3 is 1. The van der Waals surface area contributed by atoms with Gasteiger partial charge in [-0.15, -0.1) is 0 Å². The van der Waals surface area contributed by atoms with Gasteiger partial charge in [0.15, 0.2) is 0 Å². The molecule has 2 amide bonds. The number of ether oxygens (including phenoxy) is 1. The lowest BCUT2D eigenvalue weighted by atomic mass is 10.2. The van der Waals surface area contributed by atoms with Crippen LogP contribution in [-0.2, 0) is 18.6 Å². The third-order valence-corrected chi connectivity index (χ3v) is 7.20. The van der Waals surface area contributed by atoms with Crippen molar-refractivity contribution >= 4 is 26.7 Å². The number of amides is 2. The second-order valence-electron chi connectivity index (χ2n) is 8.73. The normalized spacial score (nSPS) is 13.7. The number of nitrogens with one attached hydrogen (secondary N) is 1. The molecule has 0 spiro atoms. The number of nitriles is 1. The molecule has 0 bridgehead atoms. The van der Waals surface area contributed by atoms with Gasteiger partial charge in [-0.25, -0.2) is 4.67 Å². The molecule has 0 aliphatic rings. The predicted molar refractivity (Wildman–Crippen MR) is 146 cm³/mol. The second-order valence-corrected chi connectivity index (χ2v) is 10.2. The topological polar surface area (TPSA) is 116 Å². The van der Waals surface area contributed by atoms with Crippen LogP contribution in [0.3, 0.4) is 0 Å². The number of hydrogen-bond donors (Lipinski definition) is 1. The van der Waals surface area contributed by atoms with Gasteiger partial charge in [-0.2, -0.15) is 10.3 Å². The highest BCUT2D eigenvalue weighted by Crippen LogP contribution is 2.46. The zero-order valence-corrected chi connectivity index (χ0v) is 23.6. The van der Waals surface area contributed by atoms with Crippen LogP contribution in [-0.4, -0.2) is 79.8 Å². The Labute approximate surface area is 222 Å². The first-order chi connectivity index (χ1) is 17.7. The largest absolute Gasteiger partial charge is 0.380 e. The summed E-state index contributed by atoms with van der Waals surface area (Å²) in [5.74, 6) is -0.208. The molecule has 204 valence electrons. The molecule has 1 aromatic rings. The fourth-order valence-electron chi connectivity index (χ4n) is 3.30. The SMILES string of the molecule is COC(CCN(C)/C=C\C(=NC=O)NC(=O)c1ccccc1)COP(OCCC#N)N(C(C)C)C(C)C. The highest BCUT2D eigenvalue weighted by Gasteiger charge is 2.28. The lowest BCUT2D eigenvalue weighted by Crippen LogP contribution is -2.34. The predicted octanol–water partition coefficient (Wildman–Crippen LogP) is 4.11. The Balaban J connectivity index is 2.68. The number of carbonyl (C=O) groups excluding carboxylic acids is 2. The highest BCUT2D eigenvalue weighted by molar-refractivity contribution is 7.44. The molecule has 0 radical (unpaired) electrons. The number of nitrogens with zero attached hydrogens (tertiary/aromatic N) is 4. The van der Waals surface area contributed by atoms with Crippen LogP contribution in [0.25, 0.3) is 0 Å². The van der Waals surface area contributed by atoms with Gasteiger partial charge in [0.05, 0.1) is 31.8 Å². The monoisotopic (exact) mass is 533 g/mol. The second kappa shape index (κ2) is 18.6. The van der Waals surface area contributed by atoms with Crippen molar-refractivity contribution in [1.29, 1.82) is 5.26 Å². The zero-order chi connectivity index (χ0) is 27.6. The minimum absolute atomic E-state index is 0.143. The molecule has 0 saturated carbocycles. The smallest absolute Gasteiger partial charge is 0.259 e. The van der Waals surface area contributed by atoms with Crippen LogP contribution in [0.5, 0.6) is 0 Å². The van der Waals surface area contributed by atoms with Crippen molar-refractivity contribution in [1.82, 2.24) is 14.9 Å². The van der Waals surface area contributed by atoms with Crippen LogP contribution in [0.15, 0.2) is 47.6 Å². The third-order valence-electron chi connectivity index (χ3n) is 5.13. The number of hydrogen-bond acceptors (Lipinski definition) is 8. The van der Waals surface area contributed by atoms with E-state index in [0.29, 0.717) is 44.6 Å². The summed E-state index contributed by atoms with van der Waals surface area (Å²) < 4.78 is 19.9. The summed E-state index contributed by atoms with van der Waals surface area (Å²) in [4.78, 5) is 28.9. The molecule has 11 heteroatoms. The molecular weight excluding hydrogens is 493 g/mol. The first-order valence-corrected chi connectivity index (χ1v) is 13.4. The van der Waals surface area contributed by atoms with E-state index in [2.05, 4.69) is 48.7 Å². The lowest BCUT2D eigenvalue weighted by Gasteiger charge is -2.36. The van der Waals surface area contributed by atoms with Gasteiger partial charge in [0.25, 0.3) is 14.4 Å². The van der Waals surface area contributed by atoms with Crippen LogP contribution >= 0.6 is 8.53 Å². The van der Waals surface area contributed by atoms with Gasteiger partial charge in [-0.3, -0.25) is 9.59 Å². The summed E-state index contributed by atoms with van der Waals surface area (Å²) in [6.07, 6.45) is 4.48. The summed E-state index contributed by atoms with van der Waals surface area (Å²) in [6.45, 7) is 9.64. The first kappa shape index (κ1) is 32.4. The van der Waals surface area contributed by atoms with Crippen molar-refractivity contribution in [3.63, 3.8) is 0 Å². The van der Waals surface area contributed by atoms with E-state index in [1.54, 1.807) is 43.7 Å². The molecule has 1 rings (SSSR count). The molecule has 2 unspecified atom stereocenters. The Morgan fingerprint density at radius 2 is 1.86 bits per heavy atom. The van der Waals surface area contributed by atoms with E-state index in [9.17, 15) is 9.59 Å². The molecule has 37 heavy (non-hydrogen) atoms. The summed E-state index contributed by atoms with van der Waals surface area (Å²) in [5.41, 5.74) is 0.468. The molecule has 0 aliphatic heterocycles. The van der Waals surface area contributed by atoms with Gasteiger partial charge >= 0.3 is 0 Å². The Morgan fingerprint density at radius 3 is 2.43 bits per heavy atom. The van der Waals surface area contributed by atoms with Crippen molar-refractivity contribution in [3.05, 3.63) is 48.2 Å². The van der Waals surface area contributed by atoms with Gasteiger partial charge in [-0.1, -0.05) is 18.2 Å². The third kappa shape index (κ3) is 12.9. The van der Waals surface area contributed by atoms with Gasteiger partial charge in [0, 0.05) is 44.5 Å². The van der Waals surface area contributed by atoms with Crippen LogP contribution in [0.4, 0.5) is 0 Å². The Hall–Kier alpha value is -2.67. The quantitative estimate of drug-likeness (QED) is 0.105. The summed E-state index contributed by atoms with van der Waals surface area (Å²) in [7, 11) is 2.17. The average molecular weight is 534 g/mol. The van der Waals surface area contributed by atoms with Gasteiger partial charge in [-0.05, 0) is 52.3 Å². The van der Waals surface area contributed by atoms with Gasteiger partial charge in [0.2, 0.25) is 6.41 Å². The summed E-state index contributed by atoms with van der Waals surface area (Å²) >= 11 is 0. The van der Waals surface area contributed by atoms with E-state index in [1.165, 1.54) is 0 Å². The first-order valence-electron chi connectivity index (χ1n) is 12.2. The standard InChI is InChI=1S/C26H40N5O5P/c1-21(2)31(22(3)4)37(35-18-10-15-27)36-19-24(34-6)13-16-30(5)17-14-25(28-20-32)29-26(33)23-11-8-7-9-12-23/h7-9,11-12,14,17,20-22,24H,10,13,16,18-19H2,1-6H3,(H,28,29,32,33)/b17-14-. The minimum Gasteiger partial charge on any atom is -0.380 e. The van der Waals surface area contributed by atoms with E-state index in [4.69, 9.17) is 19.0 Å². The molecule has 1 aromatic carbocycles. The molecule has 10 nitrogen and oxygen atoms in total. The molecule has 0 aromatic heterocycles. The van der Waals surface area contributed by atoms with Crippen molar-refractivity contribution in [3.8, 4) is 6.07 Å². The molecule has 1 N–H and O–H groups in total. The molecule has 0 heterocycles. The van der Waals surface area contributed by atoms with Crippen molar-refractivity contribution in [2.45, 2.75) is 58.7 Å². The fraction of sp³-hybridized carbons (Fsp3) is 0.538. The minimum atomic E-state index is -1.34. The van der Waals surface area contributed by atoms with Crippen LogP contribution in [0.1, 0.15) is 50.9 Å². The number of aliphatic imine (C=N–C) groups is 1. The van der Waals surface area contributed by atoms with E-state index in [-0.39, 0.29) is 29.9 Å². The van der Waals surface area contributed by atoms with Gasteiger partial charge < -0.3 is 24.0 Å². The Bertz CT molecular complexity index is 896. The van der Waals surface area contributed by atoms with Crippen LogP contribution < -0.4 is 5.32 Å². The maximum atomic E-state index is 12.4. The van der Waals surface area contributed by atoms with E-state index in [0.717, 1.165) is 0 Å². The molecule has 0 fully saturated rings. The number of rotatable bonds is 17. The lowest BCUT2D eigenvalue weighted by molar-refractivity contribution is -0.106. The van der Waals surface area contributed by atoms with E-state index >= 15 is 0 Å². The highest BCUT2D eigenvalue weighted by atomic mass is 31.2. The molecule has 0 saturated heterocycles. The molecular formula is C26H40N5O5P. The molecule has 0 aliphatic carbocycles. The van der Waals surface area contributed by atoms with Gasteiger partial charge in [0.1, 0.15) is 5.84 Å². The molecule has 2 atom stereocenters. The number of carbonyl (C=O) groups is 2. The zero-order valence-electron chi connectivity index (χ0n) is 22.7. The Kier molecular flexibility index (Phi) is 16.2. The van der Waals surface area contributed by atoms with Crippen molar-refractivity contribution in [2.75, 3.05) is 33.9 Å².